The fourth-order valence-electron chi connectivity index (χ4n) is 4.12. The highest BCUT2D eigenvalue weighted by molar-refractivity contribution is 7.91. The molecule has 11 heteroatoms. The largest absolute Gasteiger partial charge is 0.616 e. The third-order valence-corrected chi connectivity index (χ3v) is 7.40. The lowest BCUT2D eigenvalue weighted by Crippen LogP contribution is -2.55. The van der Waals surface area contributed by atoms with Crippen LogP contribution in [0.3, 0.4) is 0 Å². The molecule has 0 atom stereocenters. The molecule has 9 nitrogen and oxygen atoms in total. The summed E-state index contributed by atoms with van der Waals surface area (Å²) in [7, 11) is 0. The van der Waals surface area contributed by atoms with Gasteiger partial charge >= 0.3 is 0 Å². The van der Waals surface area contributed by atoms with Crippen LogP contribution in [0.1, 0.15) is 11.3 Å². The molecule has 0 aliphatic carbocycles. The number of fused-ring (bicyclic) bond motifs is 1. The van der Waals surface area contributed by atoms with Gasteiger partial charge in [0.05, 0.1) is 13.1 Å². The molecule has 2 fully saturated rings. The minimum absolute atomic E-state index is 0.329. The number of hydrazine groups is 1. The van der Waals surface area contributed by atoms with Crippen molar-refractivity contribution in [2.45, 2.75) is 6.54 Å². The zero-order chi connectivity index (χ0) is 21.9. The Balaban J connectivity index is 1.46. The molecule has 4 heterocycles. The monoisotopic (exact) mass is 474 g/mol. The van der Waals surface area contributed by atoms with Crippen LogP contribution in [0.2, 0.25) is 5.15 Å². The van der Waals surface area contributed by atoms with E-state index in [4.69, 9.17) is 26.6 Å². The summed E-state index contributed by atoms with van der Waals surface area (Å²) in [5, 5.41) is 11.4. The van der Waals surface area contributed by atoms with E-state index in [9.17, 15) is 4.55 Å². The number of halogens is 1. The molecule has 5 rings (SSSR count). The maximum atomic E-state index is 11.8. The van der Waals surface area contributed by atoms with Gasteiger partial charge in [0.1, 0.15) is 18.2 Å². The molecule has 0 saturated carbocycles. The first-order chi connectivity index (χ1) is 15.7. The first kappa shape index (κ1) is 21.7. The summed E-state index contributed by atoms with van der Waals surface area (Å²) in [6, 6.07) is 10.1. The van der Waals surface area contributed by atoms with E-state index in [1.807, 2.05) is 18.2 Å². The van der Waals surface area contributed by atoms with E-state index in [-0.39, 0.29) is 0 Å². The molecule has 170 valence electrons. The lowest BCUT2D eigenvalue weighted by molar-refractivity contribution is 0.217. The van der Waals surface area contributed by atoms with Crippen molar-refractivity contribution in [3.05, 3.63) is 46.7 Å². The molecule has 2 saturated heterocycles. The summed E-state index contributed by atoms with van der Waals surface area (Å²) in [4.78, 5) is 16.7. The third kappa shape index (κ3) is 4.65. The molecule has 2 N–H and O–H groups in total. The van der Waals surface area contributed by atoms with Crippen molar-refractivity contribution in [1.29, 1.82) is 0 Å². The molecule has 1 aromatic heterocycles. The number of piperazine rings is 1. The summed E-state index contributed by atoms with van der Waals surface area (Å²) >= 11 is 5.83. The van der Waals surface area contributed by atoms with Crippen LogP contribution in [0.25, 0.3) is 0 Å². The molecular formula is C21H27ClN8OS. The molecular weight excluding hydrogens is 448 g/mol. The fraction of sp³-hybridized carbons (Fsp3) is 0.476. The van der Waals surface area contributed by atoms with Gasteiger partial charge in [0.2, 0.25) is 0 Å². The second-order valence-corrected chi connectivity index (χ2v) is 9.99. The minimum atomic E-state index is -0.757. The normalized spacial score (nSPS) is 20.1. The van der Waals surface area contributed by atoms with Gasteiger partial charge < -0.3 is 20.1 Å². The molecule has 2 aromatic rings. The highest BCUT2D eigenvalue weighted by Gasteiger charge is 2.34. The zero-order valence-corrected chi connectivity index (χ0v) is 19.4. The molecule has 3 aliphatic rings. The van der Waals surface area contributed by atoms with Gasteiger partial charge in [0.15, 0.2) is 28.3 Å². The standard InChI is InChI=1S/C21H27ClN8OS/c22-18-19(24-14-16-4-2-1-3-5-16)27-21-17(26-18)20(28-10-12-32(31)13-11-28)25-15-30(21)29-8-6-23-7-9-29/h1-5,23H,6-15H2,(H,24,27). The van der Waals surface area contributed by atoms with E-state index in [0.717, 1.165) is 43.4 Å². The van der Waals surface area contributed by atoms with Crippen LogP contribution in [0.4, 0.5) is 11.6 Å². The quantitative estimate of drug-likeness (QED) is 0.637. The Hall–Kier alpha value is -2.11. The molecule has 0 amide bonds. The fourth-order valence-corrected chi connectivity index (χ4v) is 5.37. The lowest BCUT2D eigenvalue weighted by Gasteiger charge is -2.41. The predicted octanol–water partition coefficient (Wildman–Crippen LogP) is 1.15. The summed E-state index contributed by atoms with van der Waals surface area (Å²) in [5.41, 5.74) is 1.84. The lowest BCUT2D eigenvalue weighted by atomic mass is 10.2. The maximum Gasteiger partial charge on any atom is 0.177 e. The van der Waals surface area contributed by atoms with Gasteiger partial charge in [0.25, 0.3) is 0 Å². The average Bonchev–Trinajstić information content (AvgIpc) is 2.84. The summed E-state index contributed by atoms with van der Waals surface area (Å²) < 4.78 is 11.8. The van der Waals surface area contributed by atoms with Crippen LogP contribution >= 0.6 is 11.6 Å². The summed E-state index contributed by atoms with van der Waals surface area (Å²) in [6.07, 6.45) is 0. The van der Waals surface area contributed by atoms with Crippen LogP contribution in [0.15, 0.2) is 35.3 Å². The van der Waals surface area contributed by atoms with Crippen molar-refractivity contribution < 1.29 is 4.55 Å². The number of nitrogens with zero attached hydrogens (tertiary/aromatic N) is 6. The Kier molecular flexibility index (Phi) is 6.65. The molecule has 0 unspecified atom stereocenters. The Labute approximate surface area is 196 Å². The number of rotatable bonds is 4. The maximum absolute atomic E-state index is 11.8. The summed E-state index contributed by atoms with van der Waals surface area (Å²) in [5.74, 6) is 3.42. The van der Waals surface area contributed by atoms with Crippen molar-refractivity contribution >= 4 is 40.2 Å². The van der Waals surface area contributed by atoms with Crippen molar-refractivity contribution in [2.75, 3.05) is 67.8 Å². The highest BCUT2D eigenvalue weighted by Crippen LogP contribution is 2.30. The van der Waals surface area contributed by atoms with E-state index in [1.165, 1.54) is 0 Å². The Morgan fingerprint density at radius 3 is 2.56 bits per heavy atom. The Morgan fingerprint density at radius 2 is 1.81 bits per heavy atom. The van der Waals surface area contributed by atoms with Crippen LogP contribution < -0.4 is 15.6 Å². The number of hydrogen-bond acceptors (Lipinski definition) is 9. The van der Waals surface area contributed by atoms with Gasteiger partial charge in [0, 0.05) is 32.7 Å². The third-order valence-electron chi connectivity index (χ3n) is 5.86. The van der Waals surface area contributed by atoms with E-state index >= 15 is 0 Å². The number of aromatic nitrogens is 2. The molecule has 0 radical (unpaired) electrons. The predicted molar refractivity (Wildman–Crippen MR) is 129 cm³/mol. The highest BCUT2D eigenvalue weighted by atomic mass is 35.5. The SMILES string of the molecule is [O-][S+]1CCN(C2=NCN(N3CCNCC3)c3nc(NCc4ccccc4)c(Cl)nc32)CC1. The first-order valence-electron chi connectivity index (χ1n) is 10.9. The van der Waals surface area contributed by atoms with Crippen LogP contribution in [0.5, 0.6) is 0 Å². The van der Waals surface area contributed by atoms with E-state index < -0.39 is 11.2 Å². The number of hydrogen-bond donors (Lipinski definition) is 2. The van der Waals surface area contributed by atoms with Gasteiger partial charge in [-0.05, 0) is 5.56 Å². The van der Waals surface area contributed by atoms with Gasteiger partial charge in [-0.1, -0.05) is 53.1 Å². The van der Waals surface area contributed by atoms with Crippen molar-refractivity contribution in [2.24, 2.45) is 4.99 Å². The average molecular weight is 475 g/mol. The smallest absolute Gasteiger partial charge is 0.177 e. The number of nitrogens with one attached hydrogen (secondary N) is 2. The van der Waals surface area contributed by atoms with Gasteiger partial charge in [-0.2, -0.15) is 0 Å². The van der Waals surface area contributed by atoms with Gasteiger partial charge in [-0.3, -0.25) is 5.01 Å². The molecule has 32 heavy (non-hydrogen) atoms. The molecule has 3 aliphatic heterocycles. The van der Waals surface area contributed by atoms with Gasteiger partial charge in [-0.15, -0.1) is 0 Å². The van der Waals surface area contributed by atoms with Gasteiger partial charge in [-0.25, -0.2) is 20.0 Å². The summed E-state index contributed by atoms with van der Waals surface area (Å²) in [6.45, 7) is 6.09. The first-order valence-corrected chi connectivity index (χ1v) is 12.8. The van der Waals surface area contributed by atoms with Crippen LogP contribution in [0, 0.1) is 0 Å². The van der Waals surface area contributed by atoms with E-state index in [0.29, 0.717) is 54.5 Å². The van der Waals surface area contributed by atoms with E-state index in [2.05, 4.69) is 37.7 Å². The molecule has 0 spiro atoms. The Bertz CT molecular complexity index is 964. The minimum Gasteiger partial charge on any atom is -0.616 e. The molecule has 0 bridgehead atoms. The topological polar surface area (TPSA) is 95.0 Å². The second-order valence-electron chi connectivity index (χ2n) is 7.94. The second kappa shape index (κ2) is 9.80. The molecule has 1 aromatic carbocycles. The zero-order valence-electron chi connectivity index (χ0n) is 17.8. The number of aliphatic imine (C=N–C) groups is 1. The number of amidine groups is 1. The Morgan fingerprint density at radius 1 is 1.06 bits per heavy atom. The number of anilines is 2. The van der Waals surface area contributed by atoms with Crippen molar-refractivity contribution in [3.8, 4) is 0 Å². The van der Waals surface area contributed by atoms with E-state index in [1.54, 1.807) is 0 Å². The van der Waals surface area contributed by atoms with Crippen LogP contribution in [-0.4, -0.2) is 87.7 Å². The van der Waals surface area contributed by atoms with Crippen molar-refractivity contribution in [3.63, 3.8) is 0 Å². The van der Waals surface area contributed by atoms with Crippen molar-refractivity contribution in [1.82, 2.24) is 25.2 Å². The number of benzene rings is 1. The van der Waals surface area contributed by atoms with Crippen LogP contribution in [-0.2, 0) is 17.7 Å².